The monoisotopic (exact) mass is 299 g/mol. The third-order valence-corrected chi connectivity index (χ3v) is 2.36. The molecule has 4 N–H and O–H groups in total. The number of carbonyl (C=O) groups excluding carboxylic acids is 2. The lowest BCUT2D eigenvalue weighted by atomic mass is 10.1. The van der Waals surface area contributed by atoms with E-state index in [2.05, 4.69) is 10.6 Å². The van der Waals surface area contributed by atoms with Gasteiger partial charge in [-0.25, -0.2) is 0 Å². The summed E-state index contributed by atoms with van der Waals surface area (Å²) in [6, 6.07) is 6.69. The topological polar surface area (TPSA) is 84.2 Å². The number of hydrogen-bond donors (Lipinski definition) is 3. The van der Waals surface area contributed by atoms with Crippen LogP contribution < -0.4 is 16.4 Å². The van der Waals surface area contributed by atoms with Gasteiger partial charge in [0.1, 0.15) is 0 Å². The fourth-order valence-electron chi connectivity index (χ4n) is 1.55. The van der Waals surface area contributed by atoms with Crippen molar-refractivity contribution in [3.05, 3.63) is 29.8 Å². The first kappa shape index (κ1) is 18.4. The van der Waals surface area contributed by atoms with Gasteiger partial charge in [0.25, 0.3) is 5.91 Å². The van der Waals surface area contributed by atoms with E-state index in [0.717, 1.165) is 0 Å². The largest absolute Gasteiger partial charge is 0.350 e. The zero-order valence-electron chi connectivity index (χ0n) is 12.0. The van der Waals surface area contributed by atoms with Crippen molar-refractivity contribution >= 4 is 29.9 Å². The summed E-state index contributed by atoms with van der Waals surface area (Å²) in [7, 11) is 0. The summed E-state index contributed by atoms with van der Waals surface area (Å²) in [4.78, 5) is 23.2. The second-order valence-electron chi connectivity index (χ2n) is 4.94. The molecule has 0 radical (unpaired) electrons. The van der Waals surface area contributed by atoms with Crippen LogP contribution >= 0.6 is 12.4 Å². The molecule has 1 aromatic carbocycles. The Morgan fingerprint density at radius 3 is 2.15 bits per heavy atom. The van der Waals surface area contributed by atoms with E-state index in [9.17, 15) is 9.59 Å². The molecule has 0 fully saturated rings. The molecule has 0 aliphatic rings. The molecule has 1 rings (SSSR count). The maximum Gasteiger partial charge on any atom is 0.251 e. The van der Waals surface area contributed by atoms with Crippen LogP contribution in [0.2, 0.25) is 0 Å². The molecule has 0 saturated carbocycles. The summed E-state index contributed by atoms with van der Waals surface area (Å²) < 4.78 is 0. The summed E-state index contributed by atoms with van der Waals surface area (Å²) in [6.45, 7) is 5.58. The molecule has 6 heteroatoms. The number of anilines is 1. The molecule has 1 unspecified atom stereocenters. The lowest BCUT2D eigenvalue weighted by Gasteiger charge is -2.10. The number of nitrogens with one attached hydrogen (secondary N) is 2. The van der Waals surface area contributed by atoms with Crippen molar-refractivity contribution in [3.8, 4) is 0 Å². The Morgan fingerprint density at radius 2 is 1.70 bits per heavy atom. The highest BCUT2D eigenvalue weighted by molar-refractivity contribution is 5.96. The Bertz CT molecular complexity index is 444. The SMILES string of the molecule is CC(N)CC(=O)Nc1ccc(C(=O)NC(C)C)cc1.Cl. The van der Waals surface area contributed by atoms with Gasteiger partial charge < -0.3 is 16.4 Å². The fourth-order valence-corrected chi connectivity index (χ4v) is 1.55. The smallest absolute Gasteiger partial charge is 0.251 e. The molecule has 1 atom stereocenters. The zero-order valence-corrected chi connectivity index (χ0v) is 12.8. The molecule has 0 heterocycles. The number of carbonyl (C=O) groups is 2. The molecule has 112 valence electrons. The van der Waals surface area contributed by atoms with Gasteiger partial charge in [-0.15, -0.1) is 12.4 Å². The summed E-state index contributed by atoms with van der Waals surface area (Å²) in [5.74, 6) is -0.252. The average Bonchev–Trinajstić information content (AvgIpc) is 2.27. The van der Waals surface area contributed by atoms with Gasteiger partial charge >= 0.3 is 0 Å². The third kappa shape index (κ3) is 6.54. The van der Waals surface area contributed by atoms with Crippen molar-refractivity contribution in [3.63, 3.8) is 0 Å². The average molecular weight is 300 g/mol. The number of benzene rings is 1. The molecule has 0 aliphatic heterocycles. The normalized spacial score (nSPS) is 11.4. The third-order valence-electron chi connectivity index (χ3n) is 2.36. The molecule has 0 aliphatic carbocycles. The van der Waals surface area contributed by atoms with E-state index in [1.54, 1.807) is 31.2 Å². The van der Waals surface area contributed by atoms with Crippen LogP contribution in [0.3, 0.4) is 0 Å². The van der Waals surface area contributed by atoms with Gasteiger partial charge in [-0.05, 0) is 45.0 Å². The van der Waals surface area contributed by atoms with Crippen molar-refractivity contribution in [2.45, 2.75) is 39.3 Å². The van der Waals surface area contributed by atoms with Crippen molar-refractivity contribution in [2.75, 3.05) is 5.32 Å². The molecule has 20 heavy (non-hydrogen) atoms. The van der Waals surface area contributed by atoms with Gasteiger partial charge in [0.2, 0.25) is 5.91 Å². The summed E-state index contributed by atoms with van der Waals surface area (Å²) >= 11 is 0. The Labute approximate surface area is 125 Å². The van der Waals surface area contributed by atoms with Gasteiger partial charge in [0.15, 0.2) is 0 Å². The Kier molecular flexibility index (Phi) is 7.87. The highest BCUT2D eigenvalue weighted by atomic mass is 35.5. The summed E-state index contributed by atoms with van der Waals surface area (Å²) in [5.41, 5.74) is 6.77. The van der Waals surface area contributed by atoms with Crippen LogP contribution in [0.4, 0.5) is 5.69 Å². The van der Waals surface area contributed by atoms with E-state index in [1.165, 1.54) is 0 Å². The highest BCUT2D eigenvalue weighted by Gasteiger charge is 2.08. The molecular formula is C14H22ClN3O2. The lowest BCUT2D eigenvalue weighted by Crippen LogP contribution is -2.30. The van der Waals surface area contributed by atoms with Gasteiger partial charge in [0, 0.05) is 29.8 Å². The molecular weight excluding hydrogens is 278 g/mol. The van der Waals surface area contributed by atoms with Gasteiger partial charge in [-0.3, -0.25) is 9.59 Å². The number of hydrogen-bond acceptors (Lipinski definition) is 3. The minimum Gasteiger partial charge on any atom is -0.350 e. The maximum absolute atomic E-state index is 11.7. The van der Waals surface area contributed by atoms with Crippen LogP contribution in [0.1, 0.15) is 37.6 Å². The Morgan fingerprint density at radius 1 is 1.15 bits per heavy atom. The van der Waals surface area contributed by atoms with Crippen molar-refractivity contribution in [1.82, 2.24) is 5.32 Å². The number of amides is 2. The molecule has 5 nitrogen and oxygen atoms in total. The maximum atomic E-state index is 11.7. The van der Waals surface area contributed by atoms with Gasteiger partial charge in [0.05, 0.1) is 0 Å². The highest BCUT2D eigenvalue weighted by Crippen LogP contribution is 2.10. The van der Waals surface area contributed by atoms with Gasteiger partial charge in [-0.1, -0.05) is 0 Å². The second kappa shape index (κ2) is 8.55. The van der Waals surface area contributed by atoms with Crippen molar-refractivity contribution < 1.29 is 9.59 Å². The summed E-state index contributed by atoms with van der Waals surface area (Å²) in [6.07, 6.45) is 0.273. The van der Waals surface area contributed by atoms with E-state index in [4.69, 9.17) is 5.73 Å². The van der Waals surface area contributed by atoms with Crippen LogP contribution in [-0.2, 0) is 4.79 Å². The van der Waals surface area contributed by atoms with E-state index in [0.29, 0.717) is 11.3 Å². The fraction of sp³-hybridized carbons (Fsp3) is 0.429. The van der Waals surface area contributed by atoms with Crippen LogP contribution in [-0.4, -0.2) is 23.9 Å². The Balaban J connectivity index is 0.00000361. The number of rotatable bonds is 5. The molecule has 1 aromatic rings. The Hall–Kier alpha value is -1.59. The molecule has 0 saturated heterocycles. The first-order chi connectivity index (χ1) is 8.88. The van der Waals surface area contributed by atoms with Crippen LogP contribution in [0, 0.1) is 0 Å². The summed E-state index contributed by atoms with van der Waals surface area (Å²) in [5, 5.41) is 5.53. The zero-order chi connectivity index (χ0) is 14.4. The standard InChI is InChI=1S/C14H21N3O2.ClH/c1-9(2)16-14(19)11-4-6-12(7-5-11)17-13(18)8-10(3)15;/h4-7,9-10H,8,15H2,1-3H3,(H,16,19)(H,17,18);1H. The first-order valence-corrected chi connectivity index (χ1v) is 6.35. The minimum absolute atomic E-state index is 0. The van der Waals surface area contributed by atoms with Crippen LogP contribution in [0.15, 0.2) is 24.3 Å². The van der Waals surface area contributed by atoms with Crippen molar-refractivity contribution in [2.24, 2.45) is 5.73 Å². The second-order valence-corrected chi connectivity index (χ2v) is 4.94. The molecule has 0 aromatic heterocycles. The van der Waals surface area contributed by atoms with E-state index in [1.807, 2.05) is 13.8 Å². The lowest BCUT2D eigenvalue weighted by molar-refractivity contribution is -0.116. The number of nitrogens with two attached hydrogens (primary N) is 1. The predicted octanol–water partition coefficient (Wildman–Crippen LogP) is 1.92. The van der Waals surface area contributed by atoms with Crippen molar-refractivity contribution in [1.29, 1.82) is 0 Å². The predicted molar refractivity (Wildman–Crippen MR) is 83.2 cm³/mol. The molecule has 0 bridgehead atoms. The van der Waals surface area contributed by atoms with Crippen LogP contribution in [0.5, 0.6) is 0 Å². The van der Waals surface area contributed by atoms with E-state index < -0.39 is 0 Å². The first-order valence-electron chi connectivity index (χ1n) is 6.35. The number of halogens is 1. The molecule has 0 spiro atoms. The van der Waals surface area contributed by atoms with Gasteiger partial charge in [-0.2, -0.15) is 0 Å². The van der Waals surface area contributed by atoms with E-state index >= 15 is 0 Å². The van der Waals surface area contributed by atoms with Crippen LogP contribution in [0.25, 0.3) is 0 Å². The quantitative estimate of drug-likeness (QED) is 0.776. The minimum atomic E-state index is -0.170. The van der Waals surface area contributed by atoms with E-state index in [-0.39, 0.29) is 42.7 Å². The molecule has 2 amide bonds.